The first kappa shape index (κ1) is 14.9. The van der Waals surface area contributed by atoms with Crippen LogP contribution in [0.15, 0.2) is 24.3 Å². The largest absolute Gasteiger partial charge is 0.494 e. The summed E-state index contributed by atoms with van der Waals surface area (Å²) in [5.41, 5.74) is -0.277. The second kappa shape index (κ2) is 6.27. The molecule has 1 atom stereocenters. The van der Waals surface area contributed by atoms with Crippen molar-refractivity contribution in [3.05, 3.63) is 29.8 Å². The molecular formula is C16H23NO3. The van der Waals surface area contributed by atoms with Gasteiger partial charge in [-0.15, -0.1) is 0 Å². The van der Waals surface area contributed by atoms with E-state index in [2.05, 4.69) is 12.2 Å². The van der Waals surface area contributed by atoms with Gasteiger partial charge in [0.25, 0.3) is 0 Å². The number of carboxylic acid groups (broad SMARTS) is 1. The van der Waals surface area contributed by atoms with Gasteiger partial charge >= 0.3 is 5.97 Å². The Labute approximate surface area is 120 Å². The zero-order chi connectivity index (χ0) is 14.6. The molecule has 0 aromatic heterocycles. The van der Waals surface area contributed by atoms with Crippen LogP contribution in [0, 0.1) is 5.92 Å². The average Bonchev–Trinajstić information content (AvgIpc) is 3.27. The van der Waals surface area contributed by atoms with Crippen LogP contribution in [0.3, 0.4) is 0 Å². The van der Waals surface area contributed by atoms with Crippen molar-refractivity contribution in [1.29, 1.82) is 0 Å². The molecule has 0 bridgehead atoms. The van der Waals surface area contributed by atoms with Crippen LogP contribution < -0.4 is 10.1 Å². The van der Waals surface area contributed by atoms with Crippen LogP contribution in [-0.2, 0) is 10.3 Å². The number of carbonyl (C=O) groups is 1. The van der Waals surface area contributed by atoms with Gasteiger partial charge in [-0.2, -0.15) is 0 Å². The molecule has 1 aromatic carbocycles. The molecule has 0 heterocycles. The van der Waals surface area contributed by atoms with E-state index in [1.807, 2.05) is 24.3 Å². The summed E-state index contributed by atoms with van der Waals surface area (Å²) in [6.45, 7) is 5.21. The lowest BCUT2D eigenvalue weighted by Gasteiger charge is -2.27. The lowest BCUT2D eigenvalue weighted by molar-refractivity contribution is -0.144. The number of aliphatic carboxylic acids is 1. The molecule has 0 amide bonds. The molecule has 4 nitrogen and oxygen atoms in total. The highest BCUT2D eigenvalue weighted by Gasteiger charge is 2.36. The fourth-order valence-electron chi connectivity index (χ4n) is 2.08. The fraction of sp³-hybridized carbons (Fsp3) is 0.562. The lowest BCUT2D eigenvalue weighted by Crippen LogP contribution is -2.47. The minimum atomic E-state index is -1.04. The van der Waals surface area contributed by atoms with Crippen LogP contribution in [0.4, 0.5) is 0 Å². The normalized spacial score (nSPS) is 17.5. The number of carboxylic acids is 1. The molecule has 1 unspecified atom stereocenters. The zero-order valence-corrected chi connectivity index (χ0v) is 12.2. The maximum atomic E-state index is 11.6. The molecule has 2 N–H and O–H groups in total. The quantitative estimate of drug-likeness (QED) is 0.767. The van der Waals surface area contributed by atoms with E-state index < -0.39 is 11.5 Å². The summed E-state index contributed by atoms with van der Waals surface area (Å²) < 4.78 is 5.52. The zero-order valence-electron chi connectivity index (χ0n) is 12.2. The fourth-order valence-corrected chi connectivity index (χ4v) is 2.08. The predicted octanol–water partition coefficient (Wildman–Crippen LogP) is 2.77. The van der Waals surface area contributed by atoms with Crippen LogP contribution in [0.25, 0.3) is 0 Å². The van der Waals surface area contributed by atoms with Gasteiger partial charge in [0.1, 0.15) is 11.3 Å². The van der Waals surface area contributed by atoms with E-state index in [0.29, 0.717) is 12.5 Å². The van der Waals surface area contributed by atoms with Gasteiger partial charge in [-0.1, -0.05) is 19.1 Å². The van der Waals surface area contributed by atoms with E-state index >= 15 is 0 Å². The number of rotatable bonds is 8. The van der Waals surface area contributed by atoms with E-state index in [-0.39, 0.29) is 0 Å². The highest BCUT2D eigenvalue weighted by Crippen LogP contribution is 2.30. The Hall–Kier alpha value is -1.55. The molecule has 0 aliphatic heterocycles. The first-order chi connectivity index (χ1) is 9.56. The van der Waals surface area contributed by atoms with Crippen LogP contribution in [0.2, 0.25) is 0 Å². The summed E-state index contributed by atoms with van der Waals surface area (Å²) in [5.74, 6) is 0.576. The predicted molar refractivity (Wildman–Crippen MR) is 77.9 cm³/mol. The topological polar surface area (TPSA) is 58.6 Å². The van der Waals surface area contributed by atoms with Gasteiger partial charge in [0.15, 0.2) is 0 Å². The van der Waals surface area contributed by atoms with E-state index in [4.69, 9.17) is 4.74 Å². The maximum absolute atomic E-state index is 11.6. The highest BCUT2D eigenvalue weighted by molar-refractivity contribution is 5.80. The SMILES string of the molecule is CCCOc1ccc(C(C)(NCC2CC2)C(=O)O)cc1. The molecule has 110 valence electrons. The summed E-state index contributed by atoms with van der Waals surface area (Å²) in [4.78, 5) is 11.6. The second-order valence-electron chi connectivity index (χ2n) is 5.63. The number of ether oxygens (including phenoxy) is 1. The lowest BCUT2D eigenvalue weighted by atomic mass is 9.92. The van der Waals surface area contributed by atoms with Gasteiger partial charge in [-0.25, -0.2) is 4.79 Å². The molecular weight excluding hydrogens is 254 g/mol. The monoisotopic (exact) mass is 277 g/mol. The minimum Gasteiger partial charge on any atom is -0.494 e. The molecule has 0 radical (unpaired) electrons. The summed E-state index contributed by atoms with van der Waals surface area (Å²) >= 11 is 0. The van der Waals surface area contributed by atoms with E-state index in [1.54, 1.807) is 6.92 Å². The Bertz CT molecular complexity index is 453. The van der Waals surface area contributed by atoms with E-state index in [0.717, 1.165) is 24.3 Å². The van der Waals surface area contributed by atoms with Gasteiger partial charge in [0.05, 0.1) is 6.61 Å². The minimum absolute atomic E-state index is 0.640. The van der Waals surface area contributed by atoms with Gasteiger partial charge in [0, 0.05) is 0 Å². The Morgan fingerprint density at radius 2 is 2.05 bits per heavy atom. The summed E-state index contributed by atoms with van der Waals surface area (Å²) in [6.07, 6.45) is 3.36. The molecule has 1 aliphatic rings. The third-order valence-corrected chi connectivity index (χ3v) is 3.77. The number of hydrogen-bond donors (Lipinski definition) is 2. The molecule has 0 spiro atoms. The van der Waals surface area contributed by atoms with Crippen molar-refractivity contribution in [2.45, 2.75) is 38.6 Å². The number of hydrogen-bond acceptors (Lipinski definition) is 3. The molecule has 0 saturated heterocycles. The van der Waals surface area contributed by atoms with Crippen molar-refractivity contribution in [3.63, 3.8) is 0 Å². The smallest absolute Gasteiger partial charge is 0.328 e. The Morgan fingerprint density at radius 1 is 1.40 bits per heavy atom. The molecule has 4 heteroatoms. The first-order valence-corrected chi connectivity index (χ1v) is 7.28. The molecule has 1 aromatic rings. The summed E-state index contributed by atoms with van der Waals surface area (Å²) in [5, 5.41) is 12.7. The van der Waals surface area contributed by atoms with Crippen LogP contribution >= 0.6 is 0 Å². The average molecular weight is 277 g/mol. The van der Waals surface area contributed by atoms with Gasteiger partial charge in [0.2, 0.25) is 0 Å². The summed E-state index contributed by atoms with van der Waals surface area (Å²) in [6, 6.07) is 7.34. The van der Waals surface area contributed by atoms with Crippen molar-refractivity contribution in [2.24, 2.45) is 5.92 Å². The Balaban J connectivity index is 2.09. The molecule has 20 heavy (non-hydrogen) atoms. The Morgan fingerprint density at radius 3 is 2.55 bits per heavy atom. The van der Waals surface area contributed by atoms with Crippen molar-refractivity contribution < 1.29 is 14.6 Å². The van der Waals surface area contributed by atoms with Crippen molar-refractivity contribution in [2.75, 3.05) is 13.2 Å². The van der Waals surface area contributed by atoms with Gasteiger partial charge in [-0.05, 0) is 56.3 Å². The van der Waals surface area contributed by atoms with Crippen LogP contribution in [0.1, 0.15) is 38.7 Å². The highest BCUT2D eigenvalue weighted by atomic mass is 16.5. The van der Waals surface area contributed by atoms with Crippen molar-refractivity contribution >= 4 is 5.97 Å². The third-order valence-electron chi connectivity index (χ3n) is 3.77. The van der Waals surface area contributed by atoms with Gasteiger partial charge in [-0.3, -0.25) is 5.32 Å². The number of benzene rings is 1. The first-order valence-electron chi connectivity index (χ1n) is 7.28. The second-order valence-corrected chi connectivity index (χ2v) is 5.63. The van der Waals surface area contributed by atoms with Crippen LogP contribution in [0.5, 0.6) is 5.75 Å². The van der Waals surface area contributed by atoms with Gasteiger partial charge < -0.3 is 9.84 Å². The number of nitrogens with one attached hydrogen (secondary N) is 1. The van der Waals surface area contributed by atoms with Crippen molar-refractivity contribution in [3.8, 4) is 5.75 Å². The standard InChI is InChI=1S/C16H23NO3/c1-3-10-20-14-8-6-13(7-9-14)16(2,15(18)19)17-11-12-4-5-12/h6-9,12,17H,3-5,10-11H2,1-2H3,(H,18,19). The summed E-state index contributed by atoms with van der Waals surface area (Å²) in [7, 11) is 0. The molecule has 1 fully saturated rings. The van der Waals surface area contributed by atoms with E-state index in [1.165, 1.54) is 12.8 Å². The molecule has 2 rings (SSSR count). The van der Waals surface area contributed by atoms with E-state index in [9.17, 15) is 9.90 Å². The molecule has 1 aliphatic carbocycles. The molecule has 1 saturated carbocycles. The third kappa shape index (κ3) is 3.51. The maximum Gasteiger partial charge on any atom is 0.328 e. The van der Waals surface area contributed by atoms with Crippen molar-refractivity contribution in [1.82, 2.24) is 5.32 Å². The Kier molecular flexibility index (Phi) is 4.65. The van der Waals surface area contributed by atoms with Crippen LogP contribution in [-0.4, -0.2) is 24.2 Å².